The van der Waals surface area contributed by atoms with Crippen LogP contribution in [0, 0.1) is 0 Å². The third-order valence-electron chi connectivity index (χ3n) is 2.83. The topological polar surface area (TPSA) is 35.5 Å². The molecule has 5 heteroatoms. The van der Waals surface area contributed by atoms with Crippen molar-refractivity contribution in [1.29, 1.82) is 0 Å². The van der Waals surface area contributed by atoms with E-state index in [1.54, 1.807) is 9.26 Å². The number of benzene rings is 2. The molecule has 2 heterocycles. The maximum absolute atomic E-state index is 6.00. The zero-order valence-electron chi connectivity index (χ0n) is 8.71. The molecule has 0 N–H and O–H groups in total. The molecule has 0 spiro atoms. The Kier molecular flexibility index (Phi) is 1.58. The van der Waals surface area contributed by atoms with Crippen LogP contribution in [0.3, 0.4) is 0 Å². The number of rotatable bonds is 0. The van der Waals surface area contributed by atoms with Gasteiger partial charge in [-0.15, -0.1) is 4.63 Å². The monoisotopic (exact) mass is 242 g/mol. The molecule has 0 aliphatic heterocycles. The van der Waals surface area contributed by atoms with Crippen LogP contribution < -0.4 is 9.73 Å². The van der Waals surface area contributed by atoms with E-state index in [0.29, 0.717) is 5.02 Å². The zero-order valence-corrected chi connectivity index (χ0v) is 9.46. The van der Waals surface area contributed by atoms with E-state index < -0.39 is 0 Å². The average Bonchev–Trinajstić information content (AvgIpc) is 2.85. The highest BCUT2D eigenvalue weighted by Gasteiger charge is 2.11. The highest BCUT2D eigenvalue weighted by atomic mass is 35.5. The van der Waals surface area contributed by atoms with Crippen molar-refractivity contribution in [1.82, 2.24) is 14.8 Å². The van der Waals surface area contributed by atoms with Gasteiger partial charge in [0.05, 0.1) is 0 Å². The summed E-state index contributed by atoms with van der Waals surface area (Å²) in [5.74, 6) is 0. The summed E-state index contributed by atoms with van der Waals surface area (Å²) in [5, 5.41) is 9.69. The minimum atomic E-state index is 0.687. The maximum Gasteiger partial charge on any atom is 0.226 e. The average molecular weight is 243 g/mol. The van der Waals surface area contributed by atoms with Crippen LogP contribution in [-0.4, -0.2) is 9.73 Å². The van der Waals surface area contributed by atoms with Crippen molar-refractivity contribution >= 4 is 33.7 Å². The van der Waals surface area contributed by atoms with Crippen molar-refractivity contribution in [2.75, 3.05) is 0 Å². The molecule has 0 aliphatic carbocycles. The van der Waals surface area contributed by atoms with Crippen LogP contribution in [0.1, 0.15) is 0 Å². The minimum Gasteiger partial charge on any atom is -0.271 e. The van der Waals surface area contributed by atoms with Gasteiger partial charge >= 0.3 is 0 Å². The summed E-state index contributed by atoms with van der Waals surface area (Å²) in [5.41, 5.74) is 3.70. The normalized spacial score (nSPS) is 11.8. The van der Waals surface area contributed by atoms with Gasteiger partial charge < -0.3 is 0 Å². The highest BCUT2D eigenvalue weighted by Crippen LogP contribution is 2.16. The molecule has 0 bridgehead atoms. The predicted octanol–water partition coefficient (Wildman–Crippen LogP) is 1.84. The maximum atomic E-state index is 6.00. The SMILES string of the molecule is Clc1ccc2nn3c4ccccc4[n-][n+]3c2c1. The lowest BCUT2D eigenvalue weighted by Gasteiger charge is -1.88. The van der Waals surface area contributed by atoms with Crippen LogP contribution in [0.25, 0.3) is 22.1 Å². The molecule has 0 atom stereocenters. The molecule has 0 aliphatic rings. The van der Waals surface area contributed by atoms with Gasteiger partial charge in [-0.05, 0) is 17.2 Å². The summed E-state index contributed by atoms with van der Waals surface area (Å²) in [7, 11) is 0. The van der Waals surface area contributed by atoms with Gasteiger partial charge in [-0.3, -0.25) is 5.10 Å². The Morgan fingerprint density at radius 3 is 3.00 bits per heavy atom. The van der Waals surface area contributed by atoms with Crippen molar-refractivity contribution in [3.05, 3.63) is 47.5 Å². The number of hydrogen-bond acceptors (Lipinski definition) is 1. The Bertz CT molecular complexity index is 859. The van der Waals surface area contributed by atoms with Gasteiger partial charge in [-0.2, -0.15) is 4.63 Å². The largest absolute Gasteiger partial charge is 0.271 e. The highest BCUT2D eigenvalue weighted by molar-refractivity contribution is 6.31. The van der Waals surface area contributed by atoms with Gasteiger partial charge in [0.2, 0.25) is 5.52 Å². The van der Waals surface area contributed by atoms with Gasteiger partial charge in [0.25, 0.3) is 0 Å². The molecule has 2 aromatic carbocycles. The second kappa shape index (κ2) is 2.99. The van der Waals surface area contributed by atoms with E-state index in [0.717, 1.165) is 22.1 Å². The van der Waals surface area contributed by atoms with Crippen LogP contribution in [0.5, 0.6) is 0 Å². The molecule has 0 radical (unpaired) electrons. The van der Waals surface area contributed by atoms with E-state index >= 15 is 0 Å². The first-order chi connectivity index (χ1) is 8.33. The van der Waals surface area contributed by atoms with E-state index in [1.165, 1.54) is 0 Å². The Balaban J connectivity index is 2.30. The van der Waals surface area contributed by atoms with Crippen molar-refractivity contribution in [3.8, 4) is 0 Å². The molecule has 4 aromatic rings. The number of fused-ring (bicyclic) bond motifs is 5. The Morgan fingerprint density at radius 1 is 1.18 bits per heavy atom. The predicted molar refractivity (Wildman–Crippen MR) is 64.2 cm³/mol. The van der Waals surface area contributed by atoms with Gasteiger partial charge in [-0.25, -0.2) is 0 Å². The molecular formula is C12H7ClN4. The quantitative estimate of drug-likeness (QED) is 0.441. The molecular weight excluding hydrogens is 236 g/mol. The van der Waals surface area contributed by atoms with Crippen LogP contribution in [-0.2, 0) is 0 Å². The smallest absolute Gasteiger partial charge is 0.226 e. The number of aromatic nitrogens is 4. The Hall–Kier alpha value is -2.07. The molecule has 4 rings (SSSR count). The lowest BCUT2D eigenvalue weighted by molar-refractivity contribution is -0.654. The van der Waals surface area contributed by atoms with E-state index in [1.807, 2.05) is 42.5 Å². The lowest BCUT2D eigenvalue weighted by Crippen LogP contribution is -2.30. The standard InChI is InChI=1S/C12H7ClN4/c13-8-5-6-10-12(7-8)17-14-9-3-1-2-4-11(9)16(17)15-10/h1-7H. The lowest BCUT2D eigenvalue weighted by atomic mass is 10.3. The molecule has 0 fully saturated rings. The summed E-state index contributed by atoms with van der Waals surface area (Å²) in [6, 6.07) is 13.5. The molecule has 82 valence electrons. The van der Waals surface area contributed by atoms with Crippen molar-refractivity contribution < 1.29 is 4.63 Å². The van der Waals surface area contributed by atoms with Crippen LogP contribution >= 0.6 is 11.6 Å². The van der Waals surface area contributed by atoms with Crippen molar-refractivity contribution in [2.45, 2.75) is 0 Å². The Labute approximate surface area is 101 Å². The third kappa shape index (κ3) is 1.13. The molecule has 2 aromatic heterocycles. The molecule has 0 unspecified atom stereocenters. The van der Waals surface area contributed by atoms with Gasteiger partial charge in [0, 0.05) is 22.1 Å². The first-order valence-electron chi connectivity index (χ1n) is 5.25. The fraction of sp³-hybridized carbons (Fsp3) is 0. The van der Waals surface area contributed by atoms with Gasteiger partial charge in [0.1, 0.15) is 0 Å². The number of para-hydroxylation sites is 1. The zero-order chi connectivity index (χ0) is 11.4. The number of nitrogens with zero attached hydrogens (tertiary/aromatic N) is 4. The second-order valence-corrected chi connectivity index (χ2v) is 4.34. The van der Waals surface area contributed by atoms with Crippen LogP contribution in [0.15, 0.2) is 42.5 Å². The summed E-state index contributed by atoms with van der Waals surface area (Å²) in [6.07, 6.45) is 0. The first kappa shape index (κ1) is 9.01. The summed E-state index contributed by atoms with van der Waals surface area (Å²) < 4.78 is 3.56. The summed E-state index contributed by atoms with van der Waals surface area (Å²) in [6.45, 7) is 0. The van der Waals surface area contributed by atoms with Gasteiger partial charge in [-0.1, -0.05) is 35.9 Å². The number of hydrogen-bond donors (Lipinski definition) is 0. The molecule has 4 nitrogen and oxygen atoms in total. The molecule has 17 heavy (non-hydrogen) atoms. The minimum absolute atomic E-state index is 0.687. The summed E-state index contributed by atoms with van der Waals surface area (Å²) >= 11 is 6.00. The van der Waals surface area contributed by atoms with Crippen molar-refractivity contribution in [2.24, 2.45) is 0 Å². The third-order valence-corrected chi connectivity index (χ3v) is 3.07. The molecule has 0 amide bonds. The van der Waals surface area contributed by atoms with E-state index in [4.69, 9.17) is 11.6 Å². The van der Waals surface area contributed by atoms with Crippen molar-refractivity contribution in [3.63, 3.8) is 0 Å². The van der Waals surface area contributed by atoms with E-state index in [2.05, 4.69) is 10.2 Å². The Morgan fingerprint density at radius 2 is 2.06 bits per heavy atom. The van der Waals surface area contributed by atoms with Crippen LogP contribution in [0.4, 0.5) is 0 Å². The molecule has 0 saturated heterocycles. The first-order valence-corrected chi connectivity index (χ1v) is 5.63. The summed E-state index contributed by atoms with van der Waals surface area (Å²) in [4.78, 5) is 0. The molecule has 0 saturated carbocycles. The van der Waals surface area contributed by atoms with E-state index in [-0.39, 0.29) is 0 Å². The van der Waals surface area contributed by atoms with Crippen LogP contribution in [0.2, 0.25) is 5.02 Å². The fourth-order valence-electron chi connectivity index (χ4n) is 2.06. The van der Waals surface area contributed by atoms with E-state index in [9.17, 15) is 0 Å². The second-order valence-electron chi connectivity index (χ2n) is 3.90. The van der Waals surface area contributed by atoms with Gasteiger partial charge in [0.15, 0.2) is 5.52 Å². The fourth-order valence-corrected chi connectivity index (χ4v) is 2.23. The number of halogens is 1.